The molecule has 2 aliphatic heterocycles. The van der Waals surface area contributed by atoms with E-state index in [-0.39, 0.29) is 37.1 Å². The number of benzene rings is 2. The minimum absolute atomic E-state index is 0.0622. The lowest BCUT2D eigenvalue weighted by Crippen LogP contribution is -2.42. The number of ether oxygens (including phenoxy) is 3. The highest BCUT2D eigenvalue weighted by Crippen LogP contribution is 2.39. The molecule has 0 saturated carbocycles. The van der Waals surface area contributed by atoms with Crippen LogP contribution in [-0.2, 0) is 16.1 Å². The molecule has 0 radical (unpaired) electrons. The minimum Gasteiger partial charge on any atom is -0.508 e. The molecule has 14 nitrogen and oxygen atoms in total. The van der Waals surface area contributed by atoms with Crippen LogP contribution in [0, 0.1) is 6.92 Å². The van der Waals surface area contributed by atoms with Crippen molar-refractivity contribution in [3.63, 3.8) is 0 Å². The van der Waals surface area contributed by atoms with Gasteiger partial charge in [-0.25, -0.2) is 14.5 Å². The summed E-state index contributed by atoms with van der Waals surface area (Å²) in [6, 6.07) is 8.50. The van der Waals surface area contributed by atoms with Crippen LogP contribution < -0.4 is 24.8 Å². The number of phenols is 1. The number of aliphatic carboxylic acids is 1. The van der Waals surface area contributed by atoms with E-state index in [1.54, 1.807) is 0 Å². The van der Waals surface area contributed by atoms with Crippen LogP contribution in [-0.4, -0.2) is 78.7 Å². The molecule has 5 rings (SSSR count). The number of aliphatic hydroxyl groups excluding tert-OH is 2. The number of fused-ring (bicyclic) bond motifs is 2. The van der Waals surface area contributed by atoms with Gasteiger partial charge in [-0.15, -0.1) is 0 Å². The number of carbonyl (C=O) groups is 2. The third-order valence-electron chi connectivity index (χ3n) is 6.65. The standard InChI is InChI=1S/C25H29N5O6.C3H6O3/c1-14-27-24(15-4-5-20-21(8-15)36-13-35-20)29-30(14)7-6-25(2,3)26-11-19(32)17-9-16(31)10-18-23(17)34-12-22(33)28-18;1-2(4)3(5)6/h4-5,8-10,19,26,31-32H,6-7,11-13H2,1-3H3,(H,28,33);2,4H,1H3,(H,5,6)/t;2-/m.0/s1. The van der Waals surface area contributed by atoms with E-state index in [0.29, 0.717) is 40.9 Å². The van der Waals surface area contributed by atoms with Crippen LogP contribution in [0.5, 0.6) is 23.0 Å². The number of phenolic OH excluding ortho intramolecular Hbond substituents is 1. The van der Waals surface area contributed by atoms with Crippen molar-refractivity contribution in [2.45, 2.75) is 58.4 Å². The molecule has 0 saturated heterocycles. The molecule has 226 valence electrons. The first-order valence-electron chi connectivity index (χ1n) is 13.3. The molecule has 1 unspecified atom stereocenters. The number of nitrogens with zero attached hydrogens (tertiary/aromatic N) is 3. The molecular weight excluding hydrogens is 550 g/mol. The van der Waals surface area contributed by atoms with E-state index in [4.69, 9.17) is 24.4 Å². The number of β-amino-alcohol motifs (C(OH)–C–C–N with tert-alkyl or cyclic N) is 1. The van der Waals surface area contributed by atoms with Gasteiger partial charge in [-0.3, -0.25) is 4.79 Å². The van der Waals surface area contributed by atoms with E-state index in [2.05, 4.69) is 20.7 Å². The number of hydrogen-bond acceptors (Lipinski definition) is 11. The summed E-state index contributed by atoms with van der Waals surface area (Å²) >= 11 is 0. The average Bonchev–Trinajstić information content (AvgIpc) is 3.56. The molecule has 0 bridgehead atoms. The van der Waals surface area contributed by atoms with Crippen LogP contribution in [0.15, 0.2) is 30.3 Å². The van der Waals surface area contributed by atoms with Gasteiger partial charge in [0.25, 0.3) is 5.91 Å². The van der Waals surface area contributed by atoms with Gasteiger partial charge in [0.1, 0.15) is 23.4 Å². The van der Waals surface area contributed by atoms with E-state index in [1.165, 1.54) is 19.1 Å². The number of aromatic nitrogens is 3. The predicted octanol–water partition coefficient (Wildman–Crippen LogP) is 1.96. The van der Waals surface area contributed by atoms with Crippen molar-refractivity contribution in [2.24, 2.45) is 0 Å². The maximum Gasteiger partial charge on any atom is 0.332 e. The van der Waals surface area contributed by atoms with E-state index >= 15 is 0 Å². The Balaban J connectivity index is 0.000000612. The normalized spacial score (nSPS) is 15.0. The largest absolute Gasteiger partial charge is 0.508 e. The third-order valence-corrected chi connectivity index (χ3v) is 6.65. The maximum absolute atomic E-state index is 11.6. The zero-order valence-corrected chi connectivity index (χ0v) is 23.7. The van der Waals surface area contributed by atoms with Gasteiger partial charge in [0.05, 0.1) is 11.8 Å². The number of aryl methyl sites for hydroxylation is 2. The van der Waals surface area contributed by atoms with Crippen molar-refractivity contribution in [2.75, 3.05) is 25.3 Å². The lowest BCUT2D eigenvalue weighted by atomic mass is 9.99. The van der Waals surface area contributed by atoms with Gasteiger partial charge in [0.2, 0.25) is 6.79 Å². The van der Waals surface area contributed by atoms with E-state index in [9.17, 15) is 19.8 Å². The molecule has 14 heteroatoms. The Hall–Kier alpha value is -4.40. The molecule has 1 aromatic heterocycles. The molecule has 3 heterocycles. The van der Waals surface area contributed by atoms with Crippen molar-refractivity contribution in [1.82, 2.24) is 20.1 Å². The van der Waals surface area contributed by atoms with Gasteiger partial charge in [-0.1, -0.05) is 0 Å². The minimum atomic E-state index is -1.23. The van der Waals surface area contributed by atoms with Crippen molar-refractivity contribution in [1.29, 1.82) is 0 Å². The molecule has 6 N–H and O–H groups in total. The molecule has 3 aromatic rings. The Morgan fingerprint density at radius 2 is 1.88 bits per heavy atom. The Labute approximate surface area is 241 Å². The molecule has 2 atom stereocenters. The second-order valence-electron chi connectivity index (χ2n) is 10.6. The molecule has 0 aliphatic carbocycles. The highest BCUT2D eigenvalue weighted by atomic mass is 16.7. The molecule has 1 amide bonds. The number of carbonyl (C=O) groups excluding carboxylic acids is 1. The predicted molar refractivity (Wildman–Crippen MR) is 150 cm³/mol. The summed E-state index contributed by atoms with van der Waals surface area (Å²) in [6.45, 7) is 8.11. The monoisotopic (exact) mass is 585 g/mol. The smallest absolute Gasteiger partial charge is 0.332 e. The number of carboxylic acids is 1. The van der Waals surface area contributed by atoms with Gasteiger partial charge in [0, 0.05) is 35.8 Å². The van der Waals surface area contributed by atoms with Gasteiger partial charge >= 0.3 is 5.97 Å². The highest BCUT2D eigenvalue weighted by Gasteiger charge is 2.26. The number of carboxylic acid groups (broad SMARTS) is 1. The van der Waals surface area contributed by atoms with E-state index in [1.807, 2.05) is 43.7 Å². The Morgan fingerprint density at radius 1 is 1.17 bits per heavy atom. The summed E-state index contributed by atoms with van der Waals surface area (Å²) in [4.78, 5) is 25.7. The number of hydrogen-bond donors (Lipinski definition) is 6. The Bertz CT molecular complexity index is 1450. The van der Waals surface area contributed by atoms with Gasteiger partial charge in [-0.05, 0) is 58.4 Å². The second-order valence-corrected chi connectivity index (χ2v) is 10.6. The number of amides is 1. The summed E-state index contributed by atoms with van der Waals surface area (Å²) in [6.07, 6.45) is -1.47. The van der Waals surface area contributed by atoms with Crippen molar-refractivity contribution < 1.29 is 44.2 Å². The zero-order valence-electron chi connectivity index (χ0n) is 23.7. The molecule has 0 fully saturated rings. The topological polar surface area (TPSA) is 198 Å². The van der Waals surface area contributed by atoms with Crippen LogP contribution in [0.2, 0.25) is 0 Å². The Morgan fingerprint density at radius 3 is 2.60 bits per heavy atom. The first kappa shape index (κ1) is 30.6. The lowest BCUT2D eigenvalue weighted by Gasteiger charge is -2.29. The zero-order chi connectivity index (χ0) is 30.6. The van der Waals surface area contributed by atoms with Crippen molar-refractivity contribution in [3.8, 4) is 34.4 Å². The van der Waals surface area contributed by atoms with E-state index in [0.717, 1.165) is 17.8 Å². The fraction of sp³-hybridized carbons (Fsp3) is 0.429. The fourth-order valence-corrected chi connectivity index (χ4v) is 4.21. The quantitative estimate of drug-likeness (QED) is 0.214. The SMILES string of the molecule is C[C@H](O)C(=O)O.Cc1nc(-c2ccc3c(c2)OCO3)nn1CCC(C)(C)NCC(O)c1cc(O)cc2c1OCC(=O)N2. The van der Waals surface area contributed by atoms with Crippen LogP contribution in [0.1, 0.15) is 44.7 Å². The second kappa shape index (κ2) is 12.6. The van der Waals surface area contributed by atoms with Crippen LogP contribution in [0.3, 0.4) is 0 Å². The van der Waals surface area contributed by atoms with Gasteiger partial charge in [-0.2, -0.15) is 5.10 Å². The first-order chi connectivity index (χ1) is 19.8. The lowest BCUT2D eigenvalue weighted by molar-refractivity contribution is -0.145. The molecular formula is C28H35N5O9. The summed E-state index contributed by atoms with van der Waals surface area (Å²) in [7, 11) is 0. The fourth-order valence-electron chi connectivity index (χ4n) is 4.21. The van der Waals surface area contributed by atoms with Crippen molar-refractivity contribution >= 4 is 17.6 Å². The molecule has 2 aliphatic rings. The maximum atomic E-state index is 11.6. The summed E-state index contributed by atoms with van der Waals surface area (Å²) < 4.78 is 18.2. The van der Waals surface area contributed by atoms with Crippen LogP contribution in [0.25, 0.3) is 11.4 Å². The first-order valence-corrected chi connectivity index (χ1v) is 13.3. The number of rotatable bonds is 9. The highest BCUT2D eigenvalue weighted by molar-refractivity contribution is 5.96. The number of aliphatic hydroxyl groups is 2. The summed E-state index contributed by atoms with van der Waals surface area (Å²) in [5, 5.41) is 47.3. The molecule has 2 aromatic carbocycles. The third kappa shape index (κ3) is 7.46. The number of aromatic hydroxyl groups is 1. The van der Waals surface area contributed by atoms with Gasteiger partial charge < -0.3 is 45.3 Å². The number of nitrogens with one attached hydrogen (secondary N) is 2. The molecule has 0 spiro atoms. The van der Waals surface area contributed by atoms with Crippen molar-refractivity contribution in [3.05, 3.63) is 41.7 Å². The van der Waals surface area contributed by atoms with Crippen LogP contribution >= 0.6 is 0 Å². The average molecular weight is 586 g/mol. The summed E-state index contributed by atoms with van der Waals surface area (Å²) in [5.41, 5.74) is 1.27. The Kier molecular flexibility index (Phi) is 9.19. The van der Waals surface area contributed by atoms with Gasteiger partial charge in [0.15, 0.2) is 23.9 Å². The summed E-state index contributed by atoms with van der Waals surface area (Å²) in [5.74, 6) is 1.63. The van der Waals surface area contributed by atoms with Crippen LogP contribution in [0.4, 0.5) is 5.69 Å². The molecule has 42 heavy (non-hydrogen) atoms. The van der Waals surface area contributed by atoms with E-state index < -0.39 is 18.2 Å². The number of anilines is 1.